The van der Waals surface area contributed by atoms with Gasteiger partial charge in [-0.05, 0) is 18.2 Å². The van der Waals surface area contributed by atoms with Crippen LogP contribution in [0.3, 0.4) is 0 Å². The SMILES string of the molecule is O=Cc1c(O)ccc2[nH]c(C(=O)O)cc12. The number of phenolic OH excluding ortho intramolecular Hbond substituents is 1. The van der Waals surface area contributed by atoms with Crippen LogP contribution in [0.15, 0.2) is 18.2 Å². The van der Waals surface area contributed by atoms with E-state index in [1.165, 1.54) is 18.2 Å². The Bertz CT molecular complexity index is 556. The van der Waals surface area contributed by atoms with Crippen LogP contribution >= 0.6 is 0 Å². The van der Waals surface area contributed by atoms with Crippen LogP contribution < -0.4 is 0 Å². The molecule has 0 fully saturated rings. The number of aldehydes is 1. The number of aromatic nitrogens is 1. The largest absolute Gasteiger partial charge is 0.507 e. The normalized spacial score (nSPS) is 10.4. The molecule has 2 rings (SSSR count). The average Bonchev–Trinajstić information content (AvgIpc) is 2.61. The molecule has 0 atom stereocenters. The molecule has 0 aliphatic carbocycles. The molecule has 76 valence electrons. The van der Waals surface area contributed by atoms with Crippen molar-refractivity contribution in [2.45, 2.75) is 0 Å². The molecule has 1 heterocycles. The van der Waals surface area contributed by atoms with Crippen LogP contribution in [0, 0.1) is 0 Å². The molecule has 3 N–H and O–H groups in total. The van der Waals surface area contributed by atoms with Gasteiger partial charge in [-0.15, -0.1) is 0 Å². The lowest BCUT2D eigenvalue weighted by Gasteiger charge is -1.97. The number of benzene rings is 1. The number of rotatable bonds is 2. The van der Waals surface area contributed by atoms with Crippen molar-refractivity contribution in [1.29, 1.82) is 0 Å². The van der Waals surface area contributed by atoms with E-state index in [-0.39, 0.29) is 17.0 Å². The number of aromatic carboxylic acids is 1. The van der Waals surface area contributed by atoms with E-state index in [0.717, 1.165) is 0 Å². The summed E-state index contributed by atoms with van der Waals surface area (Å²) < 4.78 is 0. The molecule has 0 radical (unpaired) electrons. The van der Waals surface area contributed by atoms with Gasteiger partial charge in [-0.1, -0.05) is 0 Å². The van der Waals surface area contributed by atoms with Crippen molar-refractivity contribution in [2.24, 2.45) is 0 Å². The van der Waals surface area contributed by atoms with Gasteiger partial charge in [0.15, 0.2) is 6.29 Å². The summed E-state index contributed by atoms with van der Waals surface area (Å²) in [5.41, 5.74) is 0.585. The first-order valence-electron chi connectivity index (χ1n) is 4.16. The summed E-state index contributed by atoms with van der Waals surface area (Å²) in [6, 6.07) is 4.18. The van der Waals surface area contributed by atoms with Gasteiger partial charge in [0.1, 0.15) is 11.4 Å². The van der Waals surface area contributed by atoms with Crippen molar-refractivity contribution >= 4 is 23.2 Å². The molecule has 5 heteroatoms. The highest BCUT2D eigenvalue weighted by molar-refractivity contribution is 6.03. The molecule has 0 amide bonds. The molecule has 5 nitrogen and oxygen atoms in total. The van der Waals surface area contributed by atoms with Crippen molar-refractivity contribution in [2.75, 3.05) is 0 Å². The molecule has 0 saturated carbocycles. The Morgan fingerprint density at radius 1 is 1.40 bits per heavy atom. The maximum Gasteiger partial charge on any atom is 0.352 e. The summed E-state index contributed by atoms with van der Waals surface area (Å²) in [4.78, 5) is 24.0. The number of aromatic amines is 1. The maximum absolute atomic E-state index is 10.7. The fourth-order valence-electron chi connectivity index (χ4n) is 1.45. The number of carboxylic acids is 1. The summed E-state index contributed by atoms with van der Waals surface area (Å²) in [5.74, 6) is -1.27. The zero-order valence-corrected chi connectivity index (χ0v) is 7.52. The number of fused-ring (bicyclic) bond motifs is 1. The number of hydrogen-bond acceptors (Lipinski definition) is 3. The minimum atomic E-state index is -1.11. The second-order valence-corrected chi connectivity index (χ2v) is 3.07. The lowest BCUT2D eigenvalue weighted by atomic mass is 10.1. The Hall–Kier alpha value is -2.30. The second kappa shape index (κ2) is 3.13. The molecule has 2 aromatic rings. The van der Waals surface area contributed by atoms with Crippen LogP contribution in [-0.4, -0.2) is 27.5 Å². The van der Waals surface area contributed by atoms with E-state index in [0.29, 0.717) is 17.2 Å². The third-order valence-corrected chi connectivity index (χ3v) is 2.17. The van der Waals surface area contributed by atoms with Crippen LogP contribution in [0.5, 0.6) is 5.75 Å². The second-order valence-electron chi connectivity index (χ2n) is 3.07. The minimum Gasteiger partial charge on any atom is -0.507 e. The Morgan fingerprint density at radius 2 is 2.13 bits per heavy atom. The number of H-pyrrole nitrogens is 1. The number of hydrogen-bond donors (Lipinski definition) is 3. The van der Waals surface area contributed by atoms with Crippen LogP contribution in [0.25, 0.3) is 10.9 Å². The summed E-state index contributed by atoms with van der Waals surface area (Å²) in [7, 11) is 0. The van der Waals surface area contributed by atoms with Crippen molar-refractivity contribution < 1.29 is 19.8 Å². The molecule has 15 heavy (non-hydrogen) atoms. The van der Waals surface area contributed by atoms with E-state index in [1.807, 2.05) is 0 Å². The number of carboxylic acid groups (broad SMARTS) is 1. The third-order valence-electron chi connectivity index (χ3n) is 2.17. The lowest BCUT2D eigenvalue weighted by Crippen LogP contribution is -1.94. The fourth-order valence-corrected chi connectivity index (χ4v) is 1.45. The first-order valence-corrected chi connectivity index (χ1v) is 4.16. The molecule has 0 aliphatic rings. The van der Waals surface area contributed by atoms with Crippen LogP contribution in [0.2, 0.25) is 0 Å². The van der Waals surface area contributed by atoms with Crippen LogP contribution in [0.1, 0.15) is 20.8 Å². The summed E-state index contributed by atoms with van der Waals surface area (Å²) >= 11 is 0. The van der Waals surface area contributed by atoms with Crippen LogP contribution in [0.4, 0.5) is 0 Å². The molecule has 1 aromatic carbocycles. The number of nitrogens with one attached hydrogen (secondary N) is 1. The third kappa shape index (κ3) is 1.34. The standard InChI is InChI=1S/C10H7NO4/c12-4-6-5-3-8(10(14)15)11-7(5)1-2-9(6)13/h1-4,11,13H,(H,14,15). The zero-order valence-electron chi connectivity index (χ0n) is 7.52. The van der Waals surface area contributed by atoms with Gasteiger partial charge in [0.05, 0.1) is 5.56 Å². The highest BCUT2D eigenvalue weighted by atomic mass is 16.4. The summed E-state index contributed by atoms with van der Waals surface area (Å²) in [5, 5.41) is 18.5. The lowest BCUT2D eigenvalue weighted by molar-refractivity contribution is 0.0691. The smallest absolute Gasteiger partial charge is 0.352 e. The molecule has 0 bridgehead atoms. The number of carbonyl (C=O) groups is 2. The van der Waals surface area contributed by atoms with E-state index in [9.17, 15) is 14.7 Å². The van der Waals surface area contributed by atoms with Crippen molar-refractivity contribution in [3.8, 4) is 5.75 Å². The Balaban J connectivity index is 2.80. The molecule has 0 saturated heterocycles. The van der Waals surface area contributed by atoms with E-state index in [1.54, 1.807) is 0 Å². The Labute approximate surface area is 84.0 Å². The minimum absolute atomic E-state index is 0.0151. The summed E-state index contributed by atoms with van der Waals surface area (Å²) in [6.45, 7) is 0. The van der Waals surface area contributed by atoms with Crippen molar-refractivity contribution in [1.82, 2.24) is 4.98 Å². The van der Waals surface area contributed by atoms with Crippen LogP contribution in [-0.2, 0) is 0 Å². The van der Waals surface area contributed by atoms with Gasteiger partial charge in [0.25, 0.3) is 0 Å². The number of carbonyl (C=O) groups excluding carboxylic acids is 1. The highest BCUT2D eigenvalue weighted by Crippen LogP contribution is 2.26. The average molecular weight is 205 g/mol. The first kappa shape index (κ1) is 9.26. The van der Waals surface area contributed by atoms with Crippen molar-refractivity contribution in [3.05, 3.63) is 29.5 Å². The maximum atomic E-state index is 10.7. The number of phenols is 1. The number of aromatic hydroxyl groups is 1. The van der Waals surface area contributed by atoms with Gasteiger partial charge >= 0.3 is 5.97 Å². The highest BCUT2D eigenvalue weighted by Gasteiger charge is 2.12. The van der Waals surface area contributed by atoms with E-state index in [2.05, 4.69) is 4.98 Å². The Morgan fingerprint density at radius 3 is 2.73 bits per heavy atom. The Kier molecular flexibility index (Phi) is 1.93. The van der Waals surface area contributed by atoms with E-state index < -0.39 is 5.97 Å². The van der Waals surface area contributed by atoms with Gasteiger partial charge in [-0.3, -0.25) is 4.79 Å². The molecular formula is C10H7NO4. The molecule has 0 unspecified atom stereocenters. The van der Waals surface area contributed by atoms with Gasteiger partial charge in [0.2, 0.25) is 0 Å². The van der Waals surface area contributed by atoms with Crippen molar-refractivity contribution in [3.63, 3.8) is 0 Å². The van der Waals surface area contributed by atoms with E-state index in [4.69, 9.17) is 5.11 Å². The summed E-state index contributed by atoms with van der Waals surface area (Å²) in [6.07, 6.45) is 0.497. The molecule has 1 aromatic heterocycles. The zero-order chi connectivity index (χ0) is 11.0. The molecule has 0 aliphatic heterocycles. The van der Waals surface area contributed by atoms with E-state index >= 15 is 0 Å². The topological polar surface area (TPSA) is 90.4 Å². The quantitative estimate of drug-likeness (QED) is 0.646. The fraction of sp³-hybridized carbons (Fsp3) is 0. The first-order chi connectivity index (χ1) is 7.13. The van der Waals surface area contributed by atoms with Gasteiger partial charge in [-0.2, -0.15) is 0 Å². The predicted molar refractivity (Wildman–Crippen MR) is 52.3 cm³/mol. The van der Waals surface area contributed by atoms with Gasteiger partial charge < -0.3 is 15.2 Å². The van der Waals surface area contributed by atoms with Gasteiger partial charge in [-0.25, -0.2) is 4.79 Å². The molecular weight excluding hydrogens is 198 g/mol. The predicted octanol–water partition coefficient (Wildman–Crippen LogP) is 1.38. The monoisotopic (exact) mass is 205 g/mol. The molecule has 0 spiro atoms. The van der Waals surface area contributed by atoms with Gasteiger partial charge in [0, 0.05) is 10.9 Å².